The SMILES string of the molecule is Oc1ccc2cc(-c3noc(C4CCCC4)n3)ccc2c1. The van der Waals surface area contributed by atoms with E-state index in [0.717, 1.165) is 35.1 Å². The van der Waals surface area contributed by atoms with Gasteiger partial charge in [-0.2, -0.15) is 4.98 Å². The van der Waals surface area contributed by atoms with Crippen molar-refractivity contribution in [2.24, 2.45) is 0 Å². The molecule has 1 saturated carbocycles. The van der Waals surface area contributed by atoms with Gasteiger partial charge in [0.15, 0.2) is 0 Å². The molecule has 4 heteroatoms. The third-order valence-electron chi connectivity index (χ3n) is 4.23. The highest BCUT2D eigenvalue weighted by Crippen LogP contribution is 2.34. The highest BCUT2D eigenvalue weighted by Gasteiger charge is 2.23. The smallest absolute Gasteiger partial charge is 0.230 e. The first-order chi connectivity index (χ1) is 10.3. The zero-order valence-electron chi connectivity index (χ0n) is 11.6. The Bertz CT molecular complexity index is 788. The van der Waals surface area contributed by atoms with E-state index < -0.39 is 0 Å². The fourth-order valence-electron chi connectivity index (χ4n) is 3.06. The van der Waals surface area contributed by atoms with Crippen molar-refractivity contribution >= 4 is 10.8 Å². The quantitative estimate of drug-likeness (QED) is 0.762. The monoisotopic (exact) mass is 280 g/mol. The second kappa shape index (κ2) is 4.88. The summed E-state index contributed by atoms with van der Waals surface area (Å²) in [6, 6.07) is 11.3. The van der Waals surface area contributed by atoms with Crippen molar-refractivity contribution in [1.29, 1.82) is 0 Å². The number of nitrogens with zero attached hydrogens (tertiary/aromatic N) is 2. The number of aromatic nitrogens is 2. The van der Waals surface area contributed by atoms with E-state index in [9.17, 15) is 5.11 Å². The molecule has 1 aromatic heterocycles. The lowest BCUT2D eigenvalue weighted by Gasteiger charge is -2.01. The number of benzene rings is 2. The van der Waals surface area contributed by atoms with Crippen LogP contribution in [0.4, 0.5) is 0 Å². The third-order valence-corrected chi connectivity index (χ3v) is 4.23. The fourth-order valence-corrected chi connectivity index (χ4v) is 3.06. The van der Waals surface area contributed by atoms with E-state index in [1.807, 2.05) is 24.3 Å². The number of hydrogen-bond acceptors (Lipinski definition) is 4. The van der Waals surface area contributed by atoms with Crippen LogP contribution in [-0.4, -0.2) is 15.2 Å². The number of rotatable bonds is 2. The maximum atomic E-state index is 9.50. The van der Waals surface area contributed by atoms with Crippen molar-refractivity contribution in [3.63, 3.8) is 0 Å². The molecular weight excluding hydrogens is 264 g/mol. The van der Waals surface area contributed by atoms with Crippen LogP contribution in [0.15, 0.2) is 40.9 Å². The van der Waals surface area contributed by atoms with E-state index in [-0.39, 0.29) is 5.75 Å². The first-order valence-corrected chi connectivity index (χ1v) is 7.36. The van der Waals surface area contributed by atoms with Gasteiger partial charge in [0.05, 0.1) is 0 Å². The van der Waals surface area contributed by atoms with Crippen LogP contribution in [0.1, 0.15) is 37.5 Å². The summed E-state index contributed by atoms with van der Waals surface area (Å²) in [5.74, 6) is 2.13. The molecule has 1 heterocycles. The lowest BCUT2D eigenvalue weighted by Crippen LogP contribution is -1.91. The Labute approximate surface area is 122 Å². The summed E-state index contributed by atoms with van der Waals surface area (Å²) in [4.78, 5) is 4.56. The largest absolute Gasteiger partial charge is 0.508 e. The summed E-state index contributed by atoms with van der Waals surface area (Å²) in [6.07, 6.45) is 4.81. The molecule has 0 radical (unpaired) electrons. The van der Waals surface area contributed by atoms with Crippen LogP contribution >= 0.6 is 0 Å². The van der Waals surface area contributed by atoms with E-state index >= 15 is 0 Å². The minimum atomic E-state index is 0.276. The number of fused-ring (bicyclic) bond motifs is 1. The van der Waals surface area contributed by atoms with Gasteiger partial charge in [-0.15, -0.1) is 0 Å². The summed E-state index contributed by atoms with van der Waals surface area (Å²) in [6.45, 7) is 0. The van der Waals surface area contributed by atoms with Crippen LogP contribution in [0.25, 0.3) is 22.2 Å². The number of hydrogen-bond donors (Lipinski definition) is 1. The van der Waals surface area contributed by atoms with E-state index in [0.29, 0.717) is 11.7 Å². The van der Waals surface area contributed by atoms with Crippen molar-refractivity contribution in [3.05, 3.63) is 42.3 Å². The zero-order chi connectivity index (χ0) is 14.2. The predicted molar refractivity (Wildman–Crippen MR) is 80.1 cm³/mol. The summed E-state index contributed by atoms with van der Waals surface area (Å²) >= 11 is 0. The van der Waals surface area contributed by atoms with Crippen molar-refractivity contribution in [3.8, 4) is 17.1 Å². The van der Waals surface area contributed by atoms with Crippen molar-refractivity contribution < 1.29 is 9.63 Å². The second-order valence-electron chi connectivity index (χ2n) is 5.68. The van der Waals surface area contributed by atoms with Gasteiger partial charge in [-0.05, 0) is 41.8 Å². The van der Waals surface area contributed by atoms with Gasteiger partial charge >= 0.3 is 0 Å². The Morgan fingerprint density at radius 3 is 2.62 bits per heavy atom. The first kappa shape index (κ1) is 12.4. The van der Waals surface area contributed by atoms with Crippen molar-refractivity contribution in [1.82, 2.24) is 10.1 Å². The molecular formula is C17H16N2O2. The van der Waals surface area contributed by atoms with E-state index in [4.69, 9.17) is 4.52 Å². The number of phenols is 1. The molecule has 106 valence electrons. The normalized spacial score (nSPS) is 15.8. The predicted octanol–water partition coefficient (Wildman–Crippen LogP) is 4.25. The Hall–Kier alpha value is -2.36. The van der Waals surface area contributed by atoms with E-state index in [1.165, 1.54) is 12.8 Å². The topological polar surface area (TPSA) is 59.2 Å². The van der Waals surface area contributed by atoms with Crippen LogP contribution in [0.5, 0.6) is 5.75 Å². The van der Waals surface area contributed by atoms with E-state index in [1.54, 1.807) is 12.1 Å². The zero-order valence-corrected chi connectivity index (χ0v) is 11.6. The Balaban J connectivity index is 1.71. The molecule has 1 fully saturated rings. The Morgan fingerprint density at radius 1 is 1.00 bits per heavy atom. The van der Waals surface area contributed by atoms with Gasteiger partial charge in [-0.1, -0.05) is 36.2 Å². The minimum absolute atomic E-state index is 0.276. The van der Waals surface area contributed by atoms with Crippen LogP contribution < -0.4 is 0 Å². The second-order valence-corrected chi connectivity index (χ2v) is 5.68. The molecule has 1 N–H and O–H groups in total. The van der Waals surface area contributed by atoms with Gasteiger partial charge in [0, 0.05) is 11.5 Å². The molecule has 4 nitrogen and oxygen atoms in total. The summed E-state index contributed by atoms with van der Waals surface area (Å²) < 4.78 is 5.43. The van der Waals surface area contributed by atoms with Gasteiger partial charge in [-0.3, -0.25) is 0 Å². The number of aromatic hydroxyl groups is 1. The highest BCUT2D eigenvalue weighted by molar-refractivity contribution is 5.87. The lowest BCUT2D eigenvalue weighted by molar-refractivity contribution is 0.354. The first-order valence-electron chi connectivity index (χ1n) is 7.36. The average Bonchev–Trinajstić information content (AvgIpc) is 3.17. The summed E-state index contributed by atoms with van der Waals surface area (Å²) in [5.41, 5.74) is 0.946. The van der Waals surface area contributed by atoms with Crippen LogP contribution in [0.2, 0.25) is 0 Å². The molecule has 0 atom stereocenters. The molecule has 1 aliphatic rings. The van der Waals surface area contributed by atoms with E-state index in [2.05, 4.69) is 10.1 Å². The molecule has 21 heavy (non-hydrogen) atoms. The maximum absolute atomic E-state index is 9.50. The molecule has 0 saturated heterocycles. The molecule has 3 aromatic rings. The molecule has 0 unspecified atom stereocenters. The minimum Gasteiger partial charge on any atom is -0.508 e. The van der Waals surface area contributed by atoms with Crippen LogP contribution in [-0.2, 0) is 0 Å². The van der Waals surface area contributed by atoms with Gasteiger partial charge in [-0.25, -0.2) is 0 Å². The fraction of sp³-hybridized carbons (Fsp3) is 0.294. The van der Waals surface area contributed by atoms with Crippen molar-refractivity contribution in [2.75, 3.05) is 0 Å². The van der Waals surface area contributed by atoms with Gasteiger partial charge in [0.2, 0.25) is 11.7 Å². The molecule has 4 rings (SSSR count). The number of phenolic OH excluding ortho intramolecular Hbond substituents is 1. The van der Waals surface area contributed by atoms with Crippen LogP contribution in [0, 0.1) is 0 Å². The standard InChI is InChI=1S/C17H16N2O2/c20-15-8-7-12-9-14(6-5-13(12)10-15)16-18-17(21-19-16)11-3-1-2-4-11/h5-11,20H,1-4H2. The van der Waals surface area contributed by atoms with Gasteiger partial charge in [0.25, 0.3) is 0 Å². The summed E-state index contributed by atoms with van der Waals surface area (Å²) in [5, 5.41) is 15.7. The molecule has 0 amide bonds. The molecule has 0 spiro atoms. The van der Waals surface area contributed by atoms with Gasteiger partial charge in [0.1, 0.15) is 5.75 Å². The lowest BCUT2D eigenvalue weighted by atomic mass is 10.1. The molecule has 2 aromatic carbocycles. The Kier molecular flexibility index (Phi) is 2.88. The van der Waals surface area contributed by atoms with Crippen molar-refractivity contribution in [2.45, 2.75) is 31.6 Å². The van der Waals surface area contributed by atoms with Crippen LogP contribution in [0.3, 0.4) is 0 Å². The average molecular weight is 280 g/mol. The molecule has 0 bridgehead atoms. The highest BCUT2D eigenvalue weighted by atomic mass is 16.5. The third kappa shape index (κ3) is 2.27. The van der Waals surface area contributed by atoms with Gasteiger partial charge < -0.3 is 9.63 Å². The maximum Gasteiger partial charge on any atom is 0.230 e. The molecule has 1 aliphatic carbocycles. The summed E-state index contributed by atoms with van der Waals surface area (Å²) in [7, 11) is 0. The molecule has 0 aliphatic heterocycles. The Morgan fingerprint density at radius 2 is 1.76 bits per heavy atom.